The fraction of sp³-hybridized carbons (Fsp3) is 0.311. The van der Waals surface area contributed by atoms with Gasteiger partial charge in [0, 0.05) is 33.4 Å². The van der Waals surface area contributed by atoms with E-state index in [0.29, 0.717) is 40.0 Å². The molecule has 0 fully saturated rings. The van der Waals surface area contributed by atoms with Crippen LogP contribution in [0.15, 0.2) is 113 Å². The maximum Gasteiger partial charge on any atom is 0.245 e. The van der Waals surface area contributed by atoms with E-state index in [1.54, 1.807) is 75.9 Å². The Kier molecular flexibility index (Phi) is 13.0. The molecule has 1 N–H and O–H groups in total. The quantitative estimate of drug-likeness (QED) is 0.0888. The summed E-state index contributed by atoms with van der Waals surface area (Å²) in [5, 5.41) is 17.2. The van der Waals surface area contributed by atoms with Crippen LogP contribution in [0.5, 0.6) is 17.2 Å². The number of hydrogen-bond acceptors (Lipinski definition) is 11. The summed E-state index contributed by atoms with van der Waals surface area (Å²) in [4.78, 5) is 0.708. The molecule has 16 heteroatoms. The van der Waals surface area contributed by atoms with Gasteiger partial charge in [-0.2, -0.15) is 9.10 Å². The van der Waals surface area contributed by atoms with Crippen molar-refractivity contribution in [2.45, 2.75) is 68.0 Å². The number of nitrogens with one attached hydrogen (secondary N) is 1. The molecule has 0 atom stereocenters. The molecule has 5 aromatic carbocycles. The number of methoxy groups -OCH3 is 3. The van der Waals surface area contributed by atoms with Crippen LogP contribution in [0.25, 0.3) is 22.5 Å². The van der Waals surface area contributed by atoms with E-state index in [4.69, 9.17) is 19.3 Å². The number of fused-ring (bicyclic) bond motifs is 1. The van der Waals surface area contributed by atoms with Crippen molar-refractivity contribution in [3.05, 3.63) is 125 Å². The molecule has 0 bridgehead atoms. The van der Waals surface area contributed by atoms with Crippen molar-refractivity contribution < 1.29 is 31.0 Å². The third-order valence-electron chi connectivity index (χ3n) is 10.8. The molecule has 13 nitrogen and oxygen atoms in total. The number of hydrogen-bond donors (Lipinski definition) is 1. The van der Waals surface area contributed by atoms with Crippen molar-refractivity contribution >= 4 is 33.6 Å². The highest BCUT2D eigenvalue weighted by Gasteiger charge is 2.38. The van der Waals surface area contributed by atoms with E-state index in [2.05, 4.69) is 35.3 Å². The highest BCUT2D eigenvalue weighted by Crippen LogP contribution is 2.44. The SMILES string of the molecule is COc1ccc(CN(Cc2ccc(OC)cc2)S(=O)(=O)c2c(S(=O)(=O)CC[Si](C)(C)C)ccc(-c3cccc4c3CCCN4)c2-c2nnn(Cc3ccc(OC)cc3)n2)cc1. The summed E-state index contributed by atoms with van der Waals surface area (Å²) in [6, 6.07) is 31.1. The van der Waals surface area contributed by atoms with Crippen molar-refractivity contribution in [3.63, 3.8) is 0 Å². The van der Waals surface area contributed by atoms with E-state index in [1.165, 1.54) is 15.2 Å². The van der Waals surface area contributed by atoms with Gasteiger partial charge in [-0.3, -0.25) is 0 Å². The van der Waals surface area contributed by atoms with Crippen LogP contribution in [-0.2, 0) is 45.9 Å². The van der Waals surface area contributed by atoms with Crippen molar-refractivity contribution in [1.29, 1.82) is 0 Å². The average Bonchev–Trinajstić information content (AvgIpc) is 3.73. The third kappa shape index (κ3) is 9.99. The van der Waals surface area contributed by atoms with Crippen LogP contribution < -0.4 is 19.5 Å². The highest BCUT2D eigenvalue weighted by molar-refractivity contribution is 7.93. The molecule has 320 valence electrons. The summed E-state index contributed by atoms with van der Waals surface area (Å²) in [6.45, 7) is 7.13. The number of tetrazole rings is 1. The van der Waals surface area contributed by atoms with Crippen LogP contribution in [0, 0.1) is 0 Å². The first-order valence-corrected chi connectivity index (χ1v) is 26.9. The van der Waals surface area contributed by atoms with Crippen LogP contribution in [0.3, 0.4) is 0 Å². The lowest BCUT2D eigenvalue weighted by molar-refractivity contribution is 0.396. The molecule has 61 heavy (non-hydrogen) atoms. The lowest BCUT2D eigenvalue weighted by Gasteiger charge is -2.27. The number of rotatable bonds is 17. The Hall–Kier alpha value is -5.55. The van der Waals surface area contributed by atoms with E-state index >= 15 is 8.42 Å². The Balaban J connectivity index is 1.50. The molecule has 2 heterocycles. The van der Waals surface area contributed by atoms with Gasteiger partial charge < -0.3 is 19.5 Å². The molecule has 1 aliphatic heterocycles. The average molecular weight is 881 g/mol. The van der Waals surface area contributed by atoms with Crippen LogP contribution in [-0.4, -0.2) is 83.0 Å². The second-order valence-electron chi connectivity index (χ2n) is 16.3. The van der Waals surface area contributed by atoms with Gasteiger partial charge in [0.25, 0.3) is 0 Å². The molecule has 1 aliphatic rings. The van der Waals surface area contributed by atoms with E-state index in [0.717, 1.165) is 41.8 Å². The summed E-state index contributed by atoms with van der Waals surface area (Å²) in [7, 11) is -6.13. The molecule has 0 unspecified atom stereocenters. The van der Waals surface area contributed by atoms with Gasteiger partial charge in [-0.05, 0) is 106 Å². The third-order valence-corrected chi connectivity index (χ3v) is 16.6. The standard InChI is InChI=1S/C45H52N6O7S2Si/c1-56-35-18-12-32(13-19-35)29-50(30-33-14-20-36(57-2)21-15-33)60(54,55)44-42(59(52,53)27-28-61(4,5)6)25-24-40(38-9-7-11-41-39(38)10-8-26-46-41)43(44)45-47-49-51(48-45)31-34-16-22-37(58-3)23-17-34/h7,9,11-25,46H,8,10,26-31H2,1-6H3. The number of aromatic nitrogens is 4. The topological polar surface area (TPSA) is 155 Å². The van der Waals surface area contributed by atoms with Gasteiger partial charge in [-0.25, -0.2) is 16.8 Å². The molecule has 0 saturated heterocycles. The van der Waals surface area contributed by atoms with Gasteiger partial charge in [0.05, 0.1) is 44.1 Å². The van der Waals surface area contributed by atoms with Gasteiger partial charge in [-0.1, -0.05) is 74.2 Å². The van der Waals surface area contributed by atoms with Gasteiger partial charge in [0.2, 0.25) is 15.8 Å². The van der Waals surface area contributed by atoms with E-state index in [-0.39, 0.29) is 46.6 Å². The predicted molar refractivity (Wildman–Crippen MR) is 240 cm³/mol. The maximum absolute atomic E-state index is 16.0. The summed E-state index contributed by atoms with van der Waals surface area (Å²) in [6.07, 6.45) is 1.59. The minimum atomic E-state index is -4.73. The molecule has 0 aliphatic carbocycles. The lowest BCUT2D eigenvalue weighted by Crippen LogP contribution is -2.32. The molecule has 1 aromatic heterocycles. The van der Waals surface area contributed by atoms with Gasteiger partial charge >= 0.3 is 0 Å². The molecule has 0 amide bonds. The minimum Gasteiger partial charge on any atom is -0.497 e. The first-order chi connectivity index (χ1) is 29.2. The number of nitrogens with zero attached hydrogens (tertiary/aromatic N) is 5. The van der Waals surface area contributed by atoms with Crippen molar-refractivity contribution in [2.24, 2.45) is 0 Å². The summed E-state index contributed by atoms with van der Waals surface area (Å²) in [5.74, 6) is 1.69. The first kappa shape index (κ1) is 43.5. The lowest BCUT2D eigenvalue weighted by atomic mass is 9.90. The van der Waals surface area contributed by atoms with Crippen molar-refractivity contribution in [2.75, 3.05) is 38.9 Å². The smallest absolute Gasteiger partial charge is 0.245 e. The summed E-state index contributed by atoms with van der Waals surface area (Å²) >= 11 is 0. The number of anilines is 1. The second kappa shape index (κ2) is 18.2. The molecule has 0 radical (unpaired) electrons. The Morgan fingerprint density at radius 3 is 1.85 bits per heavy atom. The molecule has 0 saturated carbocycles. The van der Waals surface area contributed by atoms with Crippen molar-refractivity contribution in [3.8, 4) is 39.8 Å². The first-order valence-electron chi connectivity index (χ1n) is 20.1. The fourth-order valence-corrected chi connectivity index (χ4v) is 14.1. The largest absolute Gasteiger partial charge is 0.497 e. The van der Waals surface area contributed by atoms with Crippen LogP contribution in [0.1, 0.15) is 28.7 Å². The molecular weight excluding hydrogens is 829 g/mol. The van der Waals surface area contributed by atoms with E-state index in [1.807, 2.05) is 42.5 Å². The Morgan fingerprint density at radius 2 is 1.30 bits per heavy atom. The Bertz CT molecular complexity index is 2650. The van der Waals surface area contributed by atoms with Gasteiger partial charge in [-0.15, -0.1) is 10.2 Å². The zero-order valence-electron chi connectivity index (χ0n) is 35.4. The monoisotopic (exact) mass is 880 g/mol. The summed E-state index contributed by atoms with van der Waals surface area (Å²) < 4.78 is 79.1. The predicted octanol–water partition coefficient (Wildman–Crippen LogP) is 7.94. The zero-order valence-corrected chi connectivity index (χ0v) is 38.0. The number of sulfonamides is 1. The summed E-state index contributed by atoms with van der Waals surface area (Å²) in [5.41, 5.74) is 5.44. The number of benzene rings is 5. The maximum atomic E-state index is 16.0. The normalized spacial score (nSPS) is 13.1. The van der Waals surface area contributed by atoms with Crippen LogP contribution >= 0.6 is 0 Å². The van der Waals surface area contributed by atoms with Crippen LogP contribution in [0.4, 0.5) is 5.69 Å². The number of sulfone groups is 1. The Morgan fingerprint density at radius 1 is 0.721 bits per heavy atom. The molecule has 6 aromatic rings. The van der Waals surface area contributed by atoms with E-state index in [9.17, 15) is 8.42 Å². The second-order valence-corrected chi connectivity index (χ2v) is 25.8. The molecular formula is C45H52N6O7S2Si. The Labute approximate surface area is 359 Å². The highest BCUT2D eigenvalue weighted by atomic mass is 32.2. The van der Waals surface area contributed by atoms with Crippen LogP contribution in [0.2, 0.25) is 25.7 Å². The van der Waals surface area contributed by atoms with E-state index < -0.39 is 27.9 Å². The molecule has 7 rings (SSSR count). The fourth-order valence-electron chi connectivity index (χ4n) is 7.35. The molecule has 0 spiro atoms. The minimum absolute atomic E-state index is 0.0143. The van der Waals surface area contributed by atoms with Crippen molar-refractivity contribution in [1.82, 2.24) is 24.5 Å². The number of ether oxygens (including phenoxy) is 3. The zero-order chi connectivity index (χ0) is 43.4. The van der Waals surface area contributed by atoms with Gasteiger partial charge in [0.1, 0.15) is 22.1 Å². The van der Waals surface area contributed by atoms with Gasteiger partial charge in [0.15, 0.2) is 9.84 Å².